The van der Waals surface area contributed by atoms with E-state index in [0.717, 1.165) is 19.4 Å². The van der Waals surface area contributed by atoms with Gasteiger partial charge < -0.3 is 14.9 Å². The van der Waals surface area contributed by atoms with Gasteiger partial charge in [0.1, 0.15) is 11.6 Å². The highest BCUT2D eigenvalue weighted by molar-refractivity contribution is 6.36. The Balaban J connectivity index is 2.42. The molecule has 7 heteroatoms. The predicted octanol–water partition coefficient (Wildman–Crippen LogP) is 2.87. The second kappa shape index (κ2) is 8.37. The molecule has 0 aromatic carbocycles. The monoisotopic (exact) mass is 293 g/mol. The topological polar surface area (TPSA) is 69.4 Å². The minimum Gasteiger partial charge on any atom is -0.474 e. The van der Waals surface area contributed by atoms with Gasteiger partial charge in [0.2, 0.25) is 5.88 Å². The molecule has 0 bridgehead atoms. The van der Waals surface area contributed by atoms with Gasteiger partial charge in [-0.05, 0) is 12.5 Å². The van der Waals surface area contributed by atoms with Crippen LogP contribution in [0, 0.1) is 0 Å². The van der Waals surface area contributed by atoms with Crippen LogP contribution >= 0.6 is 23.2 Å². The molecule has 3 N–H and O–H groups in total. The number of nitrogens with zero attached hydrogens (tertiary/aromatic N) is 1. The number of nitrogen functional groups attached to an aromatic ring is 1. The number of hydrogen-bond donors (Lipinski definition) is 2. The van der Waals surface area contributed by atoms with Crippen molar-refractivity contribution in [3.05, 3.63) is 16.1 Å². The zero-order chi connectivity index (χ0) is 13.4. The molecule has 18 heavy (non-hydrogen) atoms. The number of unbranched alkanes of at least 4 members (excludes halogenated alkanes) is 1. The van der Waals surface area contributed by atoms with E-state index in [1.165, 1.54) is 6.07 Å². The highest BCUT2D eigenvalue weighted by atomic mass is 35.5. The predicted molar refractivity (Wildman–Crippen MR) is 73.3 cm³/mol. The Morgan fingerprint density at radius 1 is 1.28 bits per heavy atom. The molecule has 1 heterocycles. The normalized spacial score (nSPS) is 10.4. The van der Waals surface area contributed by atoms with E-state index in [9.17, 15) is 0 Å². The third kappa shape index (κ3) is 4.86. The molecule has 0 fully saturated rings. The van der Waals surface area contributed by atoms with E-state index in [1.807, 2.05) is 0 Å². The van der Waals surface area contributed by atoms with Crippen LogP contribution in [0.3, 0.4) is 0 Å². The first-order valence-electron chi connectivity index (χ1n) is 5.72. The summed E-state index contributed by atoms with van der Waals surface area (Å²) in [7, 11) is 0. The number of anilines is 1. The van der Waals surface area contributed by atoms with Crippen LogP contribution in [0.1, 0.15) is 19.8 Å². The SMILES string of the molecule is CCCCOCCOc1nc(NN)c(Cl)cc1Cl. The Morgan fingerprint density at radius 2 is 2.06 bits per heavy atom. The third-order valence-electron chi connectivity index (χ3n) is 2.14. The first kappa shape index (κ1) is 15.3. The molecule has 102 valence electrons. The van der Waals surface area contributed by atoms with Gasteiger partial charge in [-0.15, -0.1) is 0 Å². The number of nitrogens with two attached hydrogens (primary N) is 1. The lowest BCUT2D eigenvalue weighted by Gasteiger charge is -2.10. The quantitative estimate of drug-likeness (QED) is 0.438. The molecule has 0 saturated heterocycles. The lowest BCUT2D eigenvalue weighted by atomic mass is 10.4. The van der Waals surface area contributed by atoms with E-state index >= 15 is 0 Å². The molecule has 0 aliphatic carbocycles. The smallest absolute Gasteiger partial charge is 0.234 e. The summed E-state index contributed by atoms with van der Waals surface area (Å²) in [5.74, 6) is 5.87. The second-order valence-electron chi connectivity index (χ2n) is 3.56. The maximum Gasteiger partial charge on any atom is 0.234 e. The van der Waals surface area contributed by atoms with Gasteiger partial charge in [0.05, 0.1) is 11.6 Å². The largest absolute Gasteiger partial charge is 0.474 e. The van der Waals surface area contributed by atoms with Gasteiger partial charge in [-0.3, -0.25) is 0 Å². The number of pyridine rings is 1. The standard InChI is InChI=1S/C11H17Cl2N3O2/c1-2-3-4-17-5-6-18-11-9(13)7-8(12)10(15-11)16-14/h7H,2-6,14H2,1H3,(H,15,16). The van der Waals surface area contributed by atoms with Crippen molar-refractivity contribution in [2.24, 2.45) is 5.84 Å². The zero-order valence-electron chi connectivity index (χ0n) is 10.2. The van der Waals surface area contributed by atoms with Gasteiger partial charge in [0.15, 0.2) is 5.82 Å². The Bertz CT molecular complexity index is 378. The number of hydrazine groups is 1. The molecule has 1 aromatic heterocycles. The van der Waals surface area contributed by atoms with Gasteiger partial charge in [-0.25, -0.2) is 5.84 Å². The Hall–Kier alpha value is -0.750. The van der Waals surface area contributed by atoms with Gasteiger partial charge in [0, 0.05) is 6.61 Å². The van der Waals surface area contributed by atoms with Crippen LogP contribution in [0.25, 0.3) is 0 Å². The fraction of sp³-hybridized carbons (Fsp3) is 0.545. The summed E-state index contributed by atoms with van der Waals surface area (Å²) >= 11 is 11.8. The highest BCUT2D eigenvalue weighted by Crippen LogP contribution is 2.30. The molecule has 0 atom stereocenters. The molecular formula is C11H17Cl2N3O2. The van der Waals surface area contributed by atoms with Crippen LogP contribution in [0.4, 0.5) is 5.82 Å². The van der Waals surface area contributed by atoms with Gasteiger partial charge in [-0.1, -0.05) is 36.5 Å². The average molecular weight is 294 g/mol. The molecular weight excluding hydrogens is 277 g/mol. The third-order valence-corrected chi connectivity index (χ3v) is 2.70. The minimum atomic E-state index is 0.285. The summed E-state index contributed by atoms with van der Waals surface area (Å²) in [5.41, 5.74) is 2.37. The van der Waals surface area contributed by atoms with Gasteiger partial charge in [-0.2, -0.15) is 4.98 Å². The highest BCUT2D eigenvalue weighted by Gasteiger charge is 2.09. The lowest BCUT2D eigenvalue weighted by Crippen LogP contribution is -2.12. The molecule has 0 amide bonds. The van der Waals surface area contributed by atoms with Crippen LogP contribution in [0.15, 0.2) is 6.07 Å². The molecule has 0 radical (unpaired) electrons. The van der Waals surface area contributed by atoms with Crippen molar-refractivity contribution < 1.29 is 9.47 Å². The maximum absolute atomic E-state index is 5.94. The minimum absolute atomic E-state index is 0.285. The summed E-state index contributed by atoms with van der Waals surface area (Å²) in [6.45, 7) is 3.71. The average Bonchev–Trinajstić information content (AvgIpc) is 2.36. The molecule has 5 nitrogen and oxygen atoms in total. The van der Waals surface area contributed by atoms with Crippen molar-refractivity contribution in [1.29, 1.82) is 0 Å². The van der Waals surface area contributed by atoms with Crippen LogP contribution < -0.4 is 16.0 Å². The first-order valence-corrected chi connectivity index (χ1v) is 6.47. The molecule has 0 aliphatic rings. The second-order valence-corrected chi connectivity index (χ2v) is 4.38. The fourth-order valence-corrected chi connectivity index (χ4v) is 1.67. The van der Waals surface area contributed by atoms with Crippen LogP contribution in [0.2, 0.25) is 10.0 Å². The summed E-state index contributed by atoms with van der Waals surface area (Å²) in [4.78, 5) is 4.05. The van der Waals surface area contributed by atoms with E-state index in [0.29, 0.717) is 29.1 Å². The van der Waals surface area contributed by atoms with E-state index in [-0.39, 0.29) is 5.88 Å². The number of rotatable bonds is 8. The summed E-state index contributed by atoms with van der Waals surface area (Å²) < 4.78 is 10.7. The van der Waals surface area contributed by atoms with Crippen molar-refractivity contribution >= 4 is 29.0 Å². The van der Waals surface area contributed by atoms with Crippen LogP contribution in [0.5, 0.6) is 5.88 Å². The maximum atomic E-state index is 5.94. The van der Waals surface area contributed by atoms with Gasteiger partial charge in [0.25, 0.3) is 0 Å². The molecule has 1 aromatic rings. The number of ether oxygens (including phenoxy) is 2. The zero-order valence-corrected chi connectivity index (χ0v) is 11.7. The number of hydrogen-bond acceptors (Lipinski definition) is 5. The van der Waals surface area contributed by atoms with Crippen molar-refractivity contribution in [2.75, 3.05) is 25.2 Å². The lowest BCUT2D eigenvalue weighted by molar-refractivity contribution is 0.0966. The van der Waals surface area contributed by atoms with E-state index in [1.54, 1.807) is 0 Å². The van der Waals surface area contributed by atoms with Crippen molar-refractivity contribution in [3.63, 3.8) is 0 Å². The van der Waals surface area contributed by atoms with Crippen molar-refractivity contribution in [1.82, 2.24) is 4.98 Å². The van der Waals surface area contributed by atoms with E-state index < -0.39 is 0 Å². The van der Waals surface area contributed by atoms with Gasteiger partial charge >= 0.3 is 0 Å². The fourth-order valence-electron chi connectivity index (χ4n) is 1.20. The summed E-state index contributed by atoms with van der Waals surface area (Å²) in [6.07, 6.45) is 2.15. The molecule has 0 aliphatic heterocycles. The van der Waals surface area contributed by atoms with Crippen LogP contribution in [-0.2, 0) is 4.74 Å². The summed E-state index contributed by atoms with van der Waals surface area (Å²) in [5, 5.41) is 0.682. The number of aromatic nitrogens is 1. The Labute approximate surface area is 117 Å². The van der Waals surface area contributed by atoms with E-state index in [2.05, 4.69) is 17.3 Å². The summed E-state index contributed by atoms with van der Waals surface area (Å²) in [6, 6.07) is 1.53. The molecule has 0 unspecified atom stereocenters. The number of nitrogens with one attached hydrogen (secondary N) is 1. The first-order chi connectivity index (χ1) is 8.69. The van der Waals surface area contributed by atoms with Crippen molar-refractivity contribution in [2.45, 2.75) is 19.8 Å². The van der Waals surface area contributed by atoms with E-state index in [4.69, 9.17) is 38.5 Å². The molecule has 0 saturated carbocycles. The molecule has 0 spiro atoms. The number of halogens is 2. The van der Waals surface area contributed by atoms with Crippen LogP contribution in [-0.4, -0.2) is 24.8 Å². The van der Waals surface area contributed by atoms with Crippen molar-refractivity contribution in [3.8, 4) is 5.88 Å². The molecule has 1 rings (SSSR count). The Morgan fingerprint density at radius 3 is 2.72 bits per heavy atom. The Kier molecular flexibility index (Phi) is 7.12.